The maximum Gasteiger partial charge on any atom is 0.236 e. The first kappa shape index (κ1) is 21.1. The molecule has 3 heterocycles. The van der Waals surface area contributed by atoms with Gasteiger partial charge in [0.1, 0.15) is 11.5 Å². The molecule has 1 N–H and O–H groups in total. The Morgan fingerprint density at radius 2 is 2.13 bits per heavy atom. The molecule has 0 aliphatic carbocycles. The first-order valence-electron chi connectivity index (χ1n) is 10.4. The maximum absolute atomic E-state index is 9.62. The van der Waals surface area contributed by atoms with E-state index in [1.807, 2.05) is 36.6 Å². The van der Waals surface area contributed by atoms with Gasteiger partial charge in [0.25, 0.3) is 0 Å². The lowest BCUT2D eigenvalue weighted by atomic mass is 10.1. The number of aromatic nitrogens is 1. The highest BCUT2D eigenvalue weighted by molar-refractivity contribution is 7.13. The first-order chi connectivity index (χ1) is 14.7. The number of oxazole rings is 1. The average molecular weight is 428 g/mol. The molecule has 1 aliphatic heterocycles. The summed E-state index contributed by atoms with van der Waals surface area (Å²) < 4.78 is 11.3. The third kappa shape index (κ3) is 4.92. The van der Waals surface area contributed by atoms with E-state index in [2.05, 4.69) is 21.9 Å². The van der Waals surface area contributed by atoms with Crippen LogP contribution in [0.2, 0.25) is 0 Å². The van der Waals surface area contributed by atoms with Gasteiger partial charge in [0.15, 0.2) is 0 Å². The molecule has 30 heavy (non-hydrogen) atoms. The fourth-order valence-electron chi connectivity index (χ4n) is 4.03. The van der Waals surface area contributed by atoms with Crippen LogP contribution >= 0.6 is 11.3 Å². The van der Waals surface area contributed by atoms with E-state index in [1.54, 1.807) is 18.4 Å². The molecular weight excluding hydrogens is 398 g/mol. The van der Waals surface area contributed by atoms with Crippen LogP contribution in [0.5, 0.6) is 5.75 Å². The third-order valence-corrected chi connectivity index (χ3v) is 6.53. The van der Waals surface area contributed by atoms with Crippen LogP contribution in [0.1, 0.15) is 23.4 Å². The molecule has 1 aromatic carbocycles. The summed E-state index contributed by atoms with van der Waals surface area (Å²) >= 11 is 1.64. The zero-order valence-electron chi connectivity index (χ0n) is 17.6. The summed E-state index contributed by atoms with van der Waals surface area (Å²) in [5.74, 6) is 2.48. The van der Waals surface area contributed by atoms with E-state index in [4.69, 9.17) is 14.1 Å². The molecule has 1 aliphatic rings. The SMILES string of the molecule is COc1cccc(CN2CCN(Cc3nc(-c4cccs4)oc3C)C[C@H]2CCO)c1. The van der Waals surface area contributed by atoms with Crippen LogP contribution in [-0.2, 0) is 13.1 Å². The molecule has 0 unspecified atom stereocenters. The van der Waals surface area contributed by atoms with Crippen LogP contribution in [0.3, 0.4) is 0 Å². The van der Waals surface area contributed by atoms with Gasteiger partial charge in [-0.25, -0.2) is 4.98 Å². The smallest absolute Gasteiger partial charge is 0.236 e. The molecule has 0 radical (unpaired) electrons. The minimum Gasteiger partial charge on any atom is -0.497 e. The molecule has 3 aromatic rings. The molecule has 1 atom stereocenters. The van der Waals surface area contributed by atoms with E-state index in [9.17, 15) is 5.11 Å². The molecular formula is C23H29N3O3S. The lowest BCUT2D eigenvalue weighted by Crippen LogP contribution is -2.52. The van der Waals surface area contributed by atoms with Crippen molar-refractivity contribution in [1.29, 1.82) is 0 Å². The number of hydrogen-bond donors (Lipinski definition) is 1. The largest absolute Gasteiger partial charge is 0.497 e. The molecule has 6 nitrogen and oxygen atoms in total. The molecule has 0 bridgehead atoms. The zero-order valence-corrected chi connectivity index (χ0v) is 18.4. The van der Waals surface area contributed by atoms with Crippen LogP contribution in [0.25, 0.3) is 10.8 Å². The Kier molecular flexibility index (Phi) is 6.84. The fourth-order valence-corrected chi connectivity index (χ4v) is 4.68. The van der Waals surface area contributed by atoms with E-state index in [0.29, 0.717) is 11.9 Å². The molecule has 7 heteroatoms. The van der Waals surface area contributed by atoms with Crippen molar-refractivity contribution in [2.75, 3.05) is 33.4 Å². The molecule has 160 valence electrons. The highest BCUT2D eigenvalue weighted by Crippen LogP contribution is 2.27. The minimum atomic E-state index is 0.193. The predicted molar refractivity (Wildman–Crippen MR) is 119 cm³/mol. The third-order valence-electron chi connectivity index (χ3n) is 5.67. The van der Waals surface area contributed by atoms with Gasteiger partial charge in [0.2, 0.25) is 5.89 Å². The van der Waals surface area contributed by atoms with Gasteiger partial charge in [0.05, 0.1) is 17.7 Å². The van der Waals surface area contributed by atoms with Crippen molar-refractivity contribution in [3.8, 4) is 16.5 Å². The van der Waals surface area contributed by atoms with Crippen molar-refractivity contribution < 1.29 is 14.3 Å². The summed E-state index contributed by atoms with van der Waals surface area (Å²) in [5.41, 5.74) is 2.24. The summed E-state index contributed by atoms with van der Waals surface area (Å²) in [5, 5.41) is 11.7. The van der Waals surface area contributed by atoms with Crippen LogP contribution < -0.4 is 4.74 Å². The van der Waals surface area contributed by atoms with Gasteiger partial charge in [-0.3, -0.25) is 9.80 Å². The number of aryl methyl sites for hydroxylation is 1. The summed E-state index contributed by atoms with van der Waals surface area (Å²) in [7, 11) is 1.70. The van der Waals surface area contributed by atoms with Crippen molar-refractivity contribution in [3.63, 3.8) is 0 Å². The Balaban J connectivity index is 1.41. The van der Waals surface area contributed by atoms with E-state index in [-0.39, 0.29) is 6.61 Å². The molecule has 2 aromatic heterocycles. The first-order valence-corrected chi connectivity index (χ1v) is 11.2. The zero-order chi connectivity index (χ0) is 20.9. The van der Waals surface area contributed by atoms with E-state index >= 15 is 0 Å². The lowest BCUT2D eigenvalue weighted by molar-refractivity contribution is 0.0492. The van der Waals surface area contributed by atoms with Gasteiger partial charge in [0, 0.05) is 45.4 Å². The molecule has 1 fully saturated rings. The summed E-state index contributed by atoms with van der Waals surface area (Å²) in [6.45, 7) is 6.65. The normalized spacial score (nSPS) is 18.0. The van der Waals surface area contributed by atoms with E-state index < -0.39 is 0 Å². The Bertz CT molecular complexity index is 941. The lowest BCUT2D eigenvalue weighted by Gasteiger charge is -2.41. The number of rotatable bonds is 8. The Morgan fingerprint density at radius 3 is 2.90 bits per heavy atom. The predicted octanol–water partition coefficient (Wildman–Crippen LogP) is 3.79. The second-order valence-corrected chi connectivity index (χ2v) is 8.67. The summed E-state index contributed by atoms with van der Waals surface area (Å²) in [6.07, 6.45) is 0.763. The van der Waals surface area contributed by atoms with Gasteiger partial charge < -0.3 is 14.3 Å². The molecule has 0 amide bonds. The summed E-state index contributed by atoms with van der Waals surface area (Å²) in [4.78, 5) is 10.7. The number of thiophene rings is 1. The fraction of sp³-hybridized carbons (Fsp3) is 0.435. The quantitative estimate of drug-likeness (QED) is 0.590. The van der Waals surface area contributed by atoms with Crippen LogP contribution in [0, 0.1) is 6.92 Å². The van der Waals surface area contributed by atoms with Crippen LogP contribution in [-0.4, -0.2) is 59.3 Å². The number of aliphatic hydroxyl groups excluding tert-OH is 1. The minimum absolute atomic E-state index is 0.193. The molecule has 0 spiro atoms. The monoisotopic (exact) mass is 427 g/mol. The van der Waals surface area contributed by atoms with Crippen molar-refractivity contribution >= 4 is 11.3 Å². The number of piperazine rings is 1. The van der Waals surface area contributed by atoms with Gasteiger partial charge >= 0.3 is 0 Å². The van der Waals surface area contributed by atoms with Gasteiger partial charge in [-0.2, -0.15) is 0 Å². The molecule has 1 saturated heterocycles. The number of benzene rings is 1. The Hall–Kier alpha value is -2.19. The number of ether oxygens (including phenoxy) is 1. The Labute approximate surface area is 181 Å². The van der Waals surface area contributed by atoms with Crippen LogP contribution in [0.15, 0.2) is 46.2 Å². The van der Waals surface area contributed by atoms with Gasteiger partial charge in [-0.1, -0.05) is 18.2 Å². The number of hydrogen-bond acceptors (Lipinski definition) is 7. The number of nitrogens with zero attached hydrogens (tertiary/aromatic N) is 3. The van der Waals surface area contributed by atoms with Gasteiger partial charge in [-0.15, -0.1) is 11.3 Å². The average Bonchev–Trinajstić information content (AvgIpc) is 3.41. The van der Waals surface area contributed by atoms with E-state index in [1.165, 1.54) is 5.56 Å². The van der Waals surface area contributed by atoms with Gasteiger partial charge in [-0.05, 0) is 42.5 Å². The van der Waals surface area contributed by atoms with E-state index in [0.717, 1.165) is 61.2 Å². The van der Waals surface area contributed by atoms with Crippen molar-refractivity contribution in [2.45, 2.75) is 32.5 Å². The summed E-state index contributed by atoms with van der Waals surface area (Å²) in [6, 6.07) is 12.6. The highest BCUT2D eigenvalue weighted by atomic mass is 32.1. The second-order valence-electron chi connectivity index (χ2n) is 7.72. The molecule has 4 rings (SSSR count). The van der Waals surface area contributed by atoms with Crippen molar-refractivity contribution in [3.05, 3.63) is 58.8 Å². The van der Waals surface area contributed by atoms with Crippen LogP contribution in [0.4, 0.5) is 0 Å². The standard InChI is InChI=1S/C23H29N3O3S/c1-17-21(24-23(29-17)22-7-4-12-30-22)16-25-9-10-26(19(15-25)8-11-27)14-18-5-3-6-20(13-18)28-2/h3-7,12-13,19,27H,8-11,14-16H2,1-2H3/t19-/m1/s1. The number of aliphatic hydroxyl groups is 1. The second kappa shape index (κ2) is 9.75. The molecule has 0 saturated carbocycles. The Morgan fingerprint density at radius 1 is 1.23 bits per heavy atom. The number of methoxy groups -OCH3 is 1. The topological polar surface area (TPSA) is 62.0 Å². The van der Waals surface area contributed by atoms with Crippen molar-refractivity contribution in [1.82, 2.24) is 14.8 Å². The highest BCUT2D eigenvalue weighted by Gasteiger charge is 2.28. The maximum atomic E-state index is 9.62. The van der Waals surface area contributed by atoms with Crippen molar-refractivity contribution in [2.24, 2.45) is 0 Å².